The van der Waals surface area contributed by atoms with Crippen LogP contribution in [0.1, 0.15) is 42.6 Å². The Bertz CT molecular complexity index is 354. The summed E-state index contributed by atoms with van der Waals surface area (Å²) in [7, 11) is 0. The molecule has 1 amide bonds. The lowest BCUT2D eigenvalue weighted by Gasteiger charge is -2.12. The van der Waals surface area contributed by atoms with E-state index < -0.39 is 0 Å². The molecular weight excluding hydrogens is 218 g/mol. The number of aliphatic hydroxyl groups excluding tert-OH is 1. The minimum Gasteiger partial charge on any atom is -0.396 e. The average molecular weight is 239 g/mol. The van der Waals surface area contributed by atoms with Crippen molar-refractivity contribution in [1.29, 1.82) is 0 Å². The van der Waals surface area contributed by atoms with E-state index in [0.717, 1.165) is 17.0 Å². The predicted octanol–water partition coefficient (Wildman–Crippen LogP) is 1.02. The zero-order valence-electron chi connectivity index (χ0n) is 10.7. The monoisotopic (exact) mass is 239 g/mol. The van der Waals surface area contributed by atoms with Crippen molar-refractivity contribution < 1.29 is 9.90 Å². The van der Waals surface area contributed by atoms with Gasteiger partial charge in [0.1, 0.15) is 0 Å². The first-order chi connectivity index (χ1) is 8.06. The molecule has 0 aromatic carbocycles. The van der Waals surface area contributed by atoms with E-state index in [1.165, 1.54) is 0 Å². The van der Waals surface area contributed by atoms with E-state index in [2.05, 4.69) is 15.5 Å². The van der Waals surface area contributed by atoms with Gasteiger partial charge >= 0.3 is 0 Å². The fraction of sp³-hybridized carbons (Fsp3) is 0.667. The maximum Gasteiger partial charge on any atom is 0.220 e. The highest BCUT2D eigenvalue weighted by Gasteiger charge is 2.17. The van der Waals surface area contributed by atoms with Crippen LogP contribution in [0.4, 0.5) is 0 Å². The lowest BCUT2D eigenvalue weighted by molar-refractivity contribution is -0.121. The Hall–Kier alpha value is -1.36. The number of hydrogen-bond acceptors (Lipinski definition) is 3. The largest absolute Gasteiger partial charge is 0.396 e. The molecule has 17 heavy (non-hydrogen) atoms. The summed E-state index contributed by atoms with van der Waals surface area (Å²) in [4.78, 5) is 11.6. The molecule has 0 aliphatic rings. The lowest BCUT2D eigenvalue weighted by Crippen LogP contribution is -2.26. The third kappa shape index (κ3) is 3.85. The Morgan fingerprint density at radius 1 is 1.53 bits per heavy atom. The number of aliphatic hydroxyl groups is 1. The van der Waals surface area contributed by atoms with Crippen LogP contribution in [0.25, 0.3) is 0 Å². The summed E-state index contributed by atoms with van der Waals surface area (Å²) in [6.07, 6.45) is 1.05. The molecule has 1 rings (SSSR count). The molecule has 1 atom stereocenters. The van der Waals surface area contributed by atoms with Crippen LogP contribution in [0.15, 0.2) is 0 Å². The molecule has 1 heterocycles. The van der Waals surface area contributed by atoms with Gasteiger partial charge in [0.15, 0.2) is 0 Å². The van der Waals surface area contributed by atoms with Crippen molar-refractivity contribution in [3.05, 3.63) is 17.0 Å². The van der Waals surface area contributed by atoms with Crippen molar-refractivity contribution in [2.24, 2.45) is 0 Å². The van der Waals surface area contributed by atoms with E-state index in [1.807, 2.05) is 20.8 Å². The molecule has 1 unspecified atom stereocenters. The van der Waals surface area contributed by atoms with E-state index >= 15 is 0 Å². The van der Waals surface area contributed by atoms with Crippen LogP contribution < -0.4 is 5.32 Å². The molecule has 0 bridgehead atoms. The van der Waals surface area contributed by atoms with Gasteiger partial charge in [0.05, 0.1) is 5.69 Å². The number of hydrogen-bond donors (Lipinski definition) is 3. The van der Waals surface area contributed by atoms with Crippen molar-refractivity contribution in [1.82, 2.24) is 15.5 Å². The van der Waals surface area contributed by atoms with Gasteiger partial charge < -0.3 is 10.4 Å². The lowest BCUT2D eigenvalue weighted by atomic mass is 9.95. The summed E-state index contributed by atoms with van der Waals surface area (Å²) in [5.41, 5.74) is 3.11. The molecule has 0 aliphatic carbocycles. The number of aromatic nitrogens is 2. The van der Waals surface area contributed by atoms with Gasteiger partial charge in [-0.05, 0) is 31.7 Å². The summed E-state index contributed by atoms with van der Waals surface area (Å²) in [6.45, 7) is 6.58. The molecule has 0 saturated heterocycles. The van der Waals surface area contributed by atoms with E-state index in [1.54, 1.807) is 0 Å². The van der Waals surface area contributed by atoms with Crippen LogP contribution >= 0.6 is 0 Å². The first-order valence-electron chi connectivity index (χ1n) is 5.95. The Morgan fingerprint density at radius 3 is 2.76 bits per heavy atom. The van der Waals surface area contributed by atoms with Gasteiger partial charge in [-0.1, -0.05) is 6.92 Å². The van der Waals surface area contributed by atoms with Crippen molar-refractivity contribution in [2.45, 2.75) is 39.5 Å². The number of carbonyl (C=O) groups is 1. The van der Waals surface area contributed by atoms with Crippen LogP contribution in [0.2, 0.25) is 0 Å². The topological polar surface area (TPSA) is 78.0 Å². The maximum atomic E-state index is 11.6. The van der Waals surface area contributed by atoms with E-state index in [-0.39, 0.29) is 18.4 Å². The summed E-state index contributed by atoms with van der Waals surface area (Å²) in [5.74, 6) is 0.175. The zero-order chi connectivity index (χ0) is 12.8. The Balaban J connectivity index is 2.49. The Labute approximate surface area is 102 Å². The van der Waals surface area contributed by atoms with Crippen molar-refractivity contribution in [3.8, 4) is 0 Å². The molecule has 0 saturated carbocycles. The number of carbonyl (C=O) groups excluding carboxylic acids is 1. The highest BCUT2D eigenvalue weighted by Crippen LogP contribution is 2.23. The van der Waals surface area contributed by atoms with Crippen LogP contribution in [0.3, 0.4) is 0 Å². The van der Waals surface area contributed by atoms with Crippen molar-refractivity contribution in [2.75, 3.05) is 13.2 Å². The molecule has 1 aromatic rings. The van der Waals surface area contributed by atoms with Gasteiger partial charge in [-0.25, -0.2) is 0 Å². The van der Waals surface area contributed by atoms with Gasteiger partial charge in [0, 0.05) is 25.3 Å². The van der Waals surface area contributed by atoms with E-state index in [0.29, 0.717) is 19.4 Å². The number of nitrogens with one attached hydrogen (secondary N) is 2. The second-order valence-corrected chi connectivity index (χ2v) is 4.38. The minimum absolute atomic E-state index is 0.0194. The number of nitrogens with zero attached hydrogens (tertiary/aromatic N) is 1. The smallest absolute Gasteiger partial charge is 0.220 e. The van der Waals surface area contributed by atoms with Crippen LogP contribution in [0, 0.1) is 13.8 Å². The fourth-order valence-electron chi connectivity index (χ4n) is 2.04. The van der Waals surface area contributed by atoms with E-state index in [4.69, 9.17) is 5.11 Å². The quantitative estimate of drug-likeness (QED) is 0.648. The first-order valence-corrected chi connectivity index (χ1v) is 5.95. The predicted molar refractivity (Wildman–Crippen MR) is 65.8 cm³/mol. The standard InChI is InChI=1S/C12H21N3O2/c1-8(7-11(17)13-5-4-6-16)12-9(2)14-15-10(12)3/h8,16H,4-7H2,1-3H3,(H,13,17)(H,14,15). The molecule has 3 N–H and O–H groups in total. The molecular formula is C12H21N3O2. The summed E-state index contributed by atoms with van der Waals surface area (Å²) >= 11 is 0. The number of aromatic amines is 1. The van der Waals surface area contributed by atoms with Crippen molar-refractivity contribution >= 4 is 5.91 Å². The number of amides is 1. The van der Waals surface area contributed by atoms with Gasteiger partial charge in [-0.2, -0.15) is 5.10 Å². The molecule has 0 radical (unpaired) electrons. The molecule has 0 spiro atoms. The van der Waals surface area contributed by atoms with Gasteiger partial charge in [0.2, 0.25) is 5.91 Å². The number of aryl methyl sites for hydroxylation is 2. The fourth-order valence-corrected chi connectivity index (χ4v) is 2.04. The Morgan fingerprint density at radius 2 is 2.24 bits per heavy atom. The average Bonchev–Trinajstić information content (AvgIpc) is 2.58. The minimum atomic E-state index is 0.0194. The normalized spacial score (nSPS) is 12.5. The number of H-pyrrole nitrogens is 1. The second-order valence-electron chi connectivity index (χ2n) is 4.38. The molecule has 5 nitrogen and oxygen atoms in total. The molecule has 0 fully saturated rings. The summed E-state index contributed by atoms with van der Waals surface area (Å²) in [5, 5.41) is 18.5. The molecule has 5 heteroatoms. The Kier molecular flexibility index (Phi) is 5.15. The highest BCUT2D eigenvalue weighted by molar-refractivity contribution is 5.76. The SMILES string of the molecule is Cc1n[nH]c(C)c1C(C)CC(=O)NCCCO. The zero-order valence-corrected chi connectivity index (χ0v) is 10.7. The summed E-state index contributed by atoms with van der Waals surface area (Å²) < 4.78 is 0. The van der Waals surface area contributed by atoms with Crippen LogP contribution in [-0.2, 0) is 4.79 Å². The number of rotatable bonds is 6. The maximum absolute atomic E-state index is 11.6. The highest BCUT2D eigenvalue weighted by atomic mass is 16.3. The third-order valence-corrected chi connectivity index (χ3v) is 2.83. The van der Waals surface area contributed by atoms with Gasteiger partial charge in [0.25, 0.3) is 0 Å². The summed E-state index contributed by atoms with van der Waals surface area (Å²) in [6, 6.07) is 0. The molecule has 1 aromatic heterocycles. The van der Waals surface area contributed by atoms with E-state index in [9.17, 15) is 4.79 Å². The second kappa shape index (κ2) is 6.39. The van der Waals surface area contributed by atoms with Crippen molar-refractivity contribution in [3.63, 3.8) is 0 Å². The van der Waals surface area contributed by atoms with Gasteiger partial charge in [-0.3, -0.25) is 9.89 Å². The molecule has 0 aliphatic heterocycles. The van der Waals surface area contributed by atoms with Gasteiger partial charge in [-0.15, -0.1) is 0 Å². The third-order valence-electron chi connectivity index (χ3n) is 2.83. The first kappa shape index (κ1) is 13.7. The van der Waals surface area contributed by atoms with Crippen LogP contribution in [0.5, 0.6) is 0 Å². The molecule has 96 valence electrons. The van der Waals surface area contributed by atoms with Crippen LogP contribution in [-0.4, -0.2) is 34.4 Å².